The van der Waals surface area contributed by atoms with E-state index in [4.69, 9.17) is 0 Å². The van der Waals surface area contributed by atoms with Crippen molar-refractivity contribution < 1.29 is 9.59 Å². The van der Waals surface area contributed by atoms with Crippen molar-refractivity contribution in [2.45, 2.75) is 44.6 Å². The molecular weight excluding hydrogens is 284 g/mol. The van der Waals surface area contributed by atoms with Crippen molar-refractivity contribution in [1.29, 1.82) is 0 Å². The molecule has 0 spiro atoms. The normalized spacial score (nSPS) is 22.1. The molecule has 1 aliphatic heterocycles. The Labute approximate surface area is 129 Å². The summed E-state index contributed by atoms with van der Waals surface area (Å²) in [7, 11) is 0. The average molecular weight is 306 g/mol. The second kappa shape index (κ2) is 6.60. The van der Waals surface area contributed by atoms with Crippen molar-refractivity contribution >= 4 is 23.2 Å². The molecule has 114 valence electrons. The summed E-state index contributed by atoms with van der Waals surface area (Å²) in [5, 5.41) is 6.88. The largest absolute Gasteiger partial charge is 0.353 e. The number of thiophene rings is 1. The standard InChI is InChI=1S/C16H22N2O2S/c19-15(17-14-4-5-14)6-3-12-2-1-8-18(10-12)16(20)13-7-9-21-11-13/h7,9,11-12,14H,1-6,8,10H2,(H,17,19)/t12-/m1/s1. The number of piperidine rings is 1. The van der Waals surface area contributed by atoms with Crippen molar-refractivity contribution in [2.24, 2.45) is 5.92 Å². The van der Waals surface area contributed by atoms with Crippen LogP contribution in [0, 0.1) is 5.92 Å². The fraction of sp³-hybridized carbons (Fsp3) is 0.625. The molecule has 5 heteroatoms. The number of likely N-dealkylation sites (tertiary alicyclic amines) is 1. The molecule has 0 aromatic carbocycles. The number of carbonyl (C=O) groups is 2. The second-order valence-corrected chi connectivity index (χ2v) is 6.93. The van der Waals surface area contributed by atoms with Crippen LogP contribution in [0.4, 0.5) is 0 Å². The lowest BCUT2D eigenvalue weighted by Gasteiger charge is -2.32. The monoisotopic (exact) mass is 306 g/mol. The van der Waals surface area contributed by atoms with Gasteiger partial charge in [-0.1, -0.05) is 0 Å². The maximum absolute atomic E-state index is 12.4. The molecule has 1 aromatic rings. The number of rotatable bonds is 5. The minimum absolute atomic E-state index is 0.142. The lowest BCUT2D eigenvalue weighted by Crippen LogP contribution is -2.40. The first-order valence-electron chi connectivity index (χ1n) is 7.83. The molecule has 0 radical (unpaired) electrons. The van der Waals surface area contributed by atoms with Crippen molar-refractivity contribution in [3.8, 4) is 0 Å². The molecule has 2 aliphatic rings. The maximum Gasteiger partial charge on any atom is 0.254 e. The van der Waals surface area contributed by atoms with Gasteiger partial charge >= 0.3 is 0 Å². The van der Waals surface area contributed by atoms with E-state index < -0.39 is 0 Å². The molecule has 2 heterocycles. The Morgan fingerprint density at radius 1 is 1.33 bits per heavy atom. The van der Waals surface area contributed by atoms with Gasteiger partial charge in [-0.25, -0.2) is 0 Å². The zero-order valence-electron chi connectivity index (χ0n) is 12.2. The van der Waals surface area contributed by atoms with E-state index in [-0.39, 0.29) is 11.8 Å². The Balaban J connectivity index is 1.46. The van der Waals surface area contributed by atoms with Crippen LogP contribution in [0.3, 0.4) is 0 Å². The van der Waals surface area contributed by atoms with Crippen LogP contribution < -0.4 is 5.32 Å². The first-order chi connectivity index (χ1) is 10.2. The van der Waals surface area contributed by atoms with Crippen LogP contribution in [0.15, 0.2) is 16.8 Å². The third-order valence-electron chi connectivity index (χ3n) is 4.30. The van der Waals surface area contributed by atoms with E-state index in [1.165, 1.54) is 0 Å². The van der Waals surface area contributed by atoms with E-state index in [1.54, 1.807) is 11.3 Å². The van der Waals surface area contributed by atoms with Crippen molar-refractivity contribution in [1.82, 2.24) is 10.2 Å². The molecule has 2 fully saturated rings. The topological polar surface area (TPSA) is 49.4 Å². The van der Waals surface area contributed by atoms with Gasteiger partial charge in [-0.2, -0.15) is 11.3 Å². The van der Waals surface area contributed by atoms with E-state index in [9.17, 15) is 9.59 Å². The first-order valence-corrected chi connectivity index (χ1v) is 8.77. The average Bonchev–Trinajstić information content (AvgIpc) is 3.14. The summed E-state index contributed by atoms with van der Waals surface area (Å²) in [5.41, 5.74) is 0.798. The van der Waals surface area contributed by atoms with E-state index in [0.29, 0.717) is 18.4 Å². The summed E-state index contributed by atoms with van der Waals surface area (Å²) < 4.78 is 0. The predicted molar refractivity (Wildman–Crippen MR) is 83.3 cm³/mol. The number of amides is 2. The Kier molecular flexibility index (Phi) is 4.58. The van der Waals surface area contributed by atoms with Gasteiger partial charge in [0.2, 0.25) is 5.91 Å². The van der Waals surface area contributed by atoms with Crippen LogP contribution in [0.1, 0.15) is 48.9 Å². The van der Waals surface area contributed by atoms with Gasteiger partial charge in [0.1, 0.15) is 0 Å². The van der Waals surface area contributed by atoms with Gasteiger partial charge in [-0.3, -0.25) is 9.59 Å². The number of hydrogen-bond donors (Lipinski definition) is 1. The molecule has 3 rings (SSSR count). The predicted octanol–water partition coefficient (Wildman–Crippen LogP) is 2.66. The summed E-state index contributed by atoms with van der Waals surface area (Å²) in [6.07, 6.45) is 5.94. The minimum Gasteiger partial charge on any atom is -0.353 e. The van der Waals surface area contributed by atoms with E-state index in [2.05, 4.69) is 5.32 Å². The van der Waals surface area contributed by atoms with Crippen molar-refractivity contribution in [2.75, 3.05) is 13.1 Å². The summed E-state index contributed by atoms with van der Waals surface area (Å²) in [4.78, 5) is 26.1. The number of nitrogens with zero attached hydrogens (tertiary/aromatic N) is 1. The maximum atomic E-state index is 12.4. The van der Waals surface area contributed by atoms with Crippen LogP contribution in [-0.4, -0.2) is 35.8 Å². The van der Waals surface area contributed by atoms with Crippen molar-refractivity contribution in [3.63, 3.8) is 0 Å². The van der Waals surface area contributed by atoms with Crippen LogP contribution >= 0.6 is 11.3 Å². The van der Waals surface area contributed by atoms with E-state index in [1.807, 2.05) is 21.7 Å². The number of nitrogens with one attached hydrogen (secondary N) is 1. The number of hydrogen-bond acceptors (Lipinski definition) is 3. The summed E-state index contributed by atoms with van der Waals surface area (Å²) in [6.45, 7) is 1.64. The fourth-order valence-electron chi connectivity index (χ4n) is 2.92. The summed E-state index contributed by atoms with van der Waals surface area (Å²) in [5.74, 6) is 0.786. The van der Waals surface area contributed by atoms with Gasteiger partial charge in [-0.15, -0.1) is 0 Å². The molecule has 1 saturated heterocycles. The Hall–Kier alpha value is -1.36. The Morgan fingerprint density at radius 3 is 2.90 bits per heavy atom. The van der Waals surface area contributed by atoms with Gasteiger partial charge in [0, 0.05) is 30.9 Å². The number of carbonyl (C=O) groups excluding carboxylic acids is 2. The zero-order chi connectivity index (χ0) is 14.7. The van der Waals surface area contributed by atoms with E-state index in [0.717, 1.165) is 50.8 Å². The minimum atomic E-state index is 0.142. The molecule has 0 unspecified atom stereocenters. The van der Waals surface area contributed by atoms with Gasteiger partial charge < -0.3 is 10.2 Å². The molecule has 1 aromatic heterocycles. The highest BCUT2D eigenvalue weighted by molar-refractivity contribution is 7.08. The smallest absolute Gasteiger partial charge is 0.254 e. The molecule has 1 atom stereocenters. The molecule has 2 amide bonds. The van der Waals surface area contributed by atoms with Gasteiger partial charge in [0.15, 0.2) is 0 Å². The Morgan fingerprint density at radius 2 is 2.19 bits per heavy atom. The third-order valence-corrected chi connectivity index (χ3v) is 4.98. The quantitative estimate of drug-likeness (QED) is 0.909. The molecule has 0 bridgehead atoms. The molecule has 1 N–H and O–H groups in total. The van der Waals surface area contributed by atoms with Crippen LogP contribution in [-0.2, 0) is 4.79 Å². The van der Waals surface area contributed by atoms with E-state index >= 15 is 0 Å². The lowest BCUT2D eigenvalue weighted by atomic mass is 9.93. The second-order valence-electron chi connectivity index (χ2n) is 6.15. The highest BCUT2D eigenvalue weighted by Crippen LogP contribution is 2.24. The van der Waals surface area contributed by atoms with Crippen LogP contribution in [0.2, 0.25) is 0 Å². The van der Waals surface area contributed by atoms with Crippen LogP contribution in [0.5, 0.6) is 0 Å². The molecule has 4 nitrogen and oxygen atoms in total. The summed E-state index contributed by atoms with van der Waals surface area (Å²) >= 11 is 1.56. The van der Waals surface area contributed by atoms with Crippen molar-refractivity contribution in [3.05, 3.63) is 22.4 Å². The van der Waals surface area contributed by atoms with Gasteiger partial charge in [-0.05, 0) is 49.5 Å². The van der Waals surface area contributed by atoms with Crippen LogP contribution in [0.25, 0.3) is 0 Å². The highest BCUT2D eigenvalue weighted by atomic mass is 32.1. The SMILES string of the molecule is O=C(CC[C@H]1CCCN(C(=O)c2ccsc2)C1)NC1CC1. The summed E-state index contributed by atoms with van der Waals surface area (Å²) in [6, 6.07) is 2.33. The molecule has 1 aliphatic carbocycles. The molecular formula is C16H22N2O2S. The third kappa shape index (κ3) is 4.06. The Bertz CT molecular complexity index is 496. The lowest BCUT2D eigenvalue weighted by molar-refractivity contribution is -0.121. The molecule has 1 saturated carbocycles. The van der Waals surface area contributed by atoms with Gasteiger partial charge in [0.05, 0.1) is 5.56 Å². The first kappa shape index (κ1) is 14.6. The zero-order valence-corrected chi connectivity index (χ0v) is 13.0. The van der Waals surface area contributed by atoms with Gasteiger partial charge in [0.25, 0.3) is 5.91 Å². The highest BCUT2D eigenvalue weighted by Gasteiger charge is 2.26. The fourth-order valence-corrected chi connectivity index (χ4v) is 3.55. The molecule has 21 heavy (non-hydrogen) atoms.